The molecule has 2 aromatic rings. The SMILES string of the molecule is CNCC(OCc1ccc(OC)cc1)c1ccccc1Cl. The predicted octanol–water partition coefficient (Wildman–Crippen LogP) is 3.83. The monoisotopic (exact) mass is 305 g/mol. The number of benzene rings is 2. The van der Waals surface area contributed by atoms with E-state index < -0.39 is 0 Å². The summed E-state index contributed by atoms with van der Waals surface area (Å²) in [6.07, 6.45) is -0.0780. The Balaban J connectivity index is 2.04. The Labute approximate surface area is 130 Å². The number of halogens is 1. The largest absolute Gasteiger partial charge is 0.497 e. The molecule has 1 unspecified atom stereocenters. The van der Waals surface area contributed by atoms with Crippen molar-refractivity contribution in [3.05, 3.63) is 64.7 Å². The van der Waals surface area contributed by atoms with Gasteiger partial charge in [-0.15, -0.1) is 0 Å². The maximum Gasteiger partial charge on any atom is 0.118 e. The molecule has 2 aromatic carbocycles. The van der Waals surface area contributed by atoms with Crippen LogP contribution in [0.3, 0.4) is 0 Å². The van der Waals surface area contributed by atoms with Gasteiger partial charge in [-0.3, -0.25) is 0 Å². The molecule has 21 heavy (non-hydrogen) atoms. The van der Waals surface area contributed by atoms with Gasteiger partial charge in [-0.05, 0) is 30.8 Å². The van der Waals surface area contributed by atoms with E-state index in [2.05, 4.69) is 5.32 Å². The predicted molar refractivity (Wildman–Crippen MR) is 85.9 cm³/mol. The fraction of sp³-hybridized carbons (Fsp3) is 0.294. The molecule has 0 radical (unpaired) electrons. The van der Waals surface area contributed by atoms with Crippen molar-refractivity contribution in [3.8, 4) is 5.75 Å². The first-order chi connectivity index (χ1) is 10.2. The minimum atomic E-state index is -0.0780. The Kier molecular flexibility index (Phi) is 6.05. The molecule has 1 N–H and O–H groups in total. The van der Waals surface area contributed by atoms with Crippen molar-refractivity contribution in [1.29, 1.82) is 0 Å². The fourth-order valence-electron chi connectivity index (χ4n) is 2.10. The highest BCUT2D eigenvalue weighted by Crippen LogP contribution is 2.26. The van der Waals surface area contributed by atoms with Gasteiger partial charge in [0.25, 0.3) is 0 Å². The van der Waals surface area contributed by atoms with Crippen LogP contribution in [0.2, 0.25) is 5.02 Å². The molecule has 1 atom stereocenters. The fourth-order valence-corrected chi connectivity index (χ4v) is 2.36. The Morgan fingerprint density at radius 2 is 1.81 bits per heavy atom. The van der Waals surface area contributed by atoms with Crippen LogP contribution in [0.5, 0.6) is 5.75 Å². The van der Waals surface area contributed by atoms with Gasteiger partial charge in [0.15, 0.2) is 0 Å². The summed E-state index contributed by atoms with van der Waals surface area (Å²) in [4.78, 5) is 0. The molecule has 0 fully saturated rings. The number of ether oxygens (including phenoxy) is 2. The average Bonchev–Trinajstić information content (AvgIpc) is 2.53. The highest BCUT2D eigenvalue weighted by atomic mass is 35.5. The van der Waals surface area contributed by atoms with Gasteiger partial charge in [0.1, 0.15) is 5.75 Å². The van der Waals surface area contributed by atoms with Crippen molar-refractivity contribution in [2.24, 2.45) is 0 Å². The van der Waals surface area contributed by atoms with E-state index in [4.69, 9.17) is 21.1 Å². The number of likely N-dealkylation sites (N-methyl/N-ethyl adjacent to an activating group) is 1. The normalized spacial score (nSPS) is 12.1. The summed E-state index contributed by atoms with van der Waals surface area (Å²) in [5.41, 5.74) is 2.10. The first-order valence-corrected chi connectivity index (χ1v) is 7.26. The molecule has 0 aromatic heterocycles. The minimum absolute atomic E-state index is 0.0780. The Morgan fingerprint density at radius 1 is 1.10 bits per heavy atom. The summed E-state index contributed by atoms with van der Waals surface area (Å²) < 4.78 is 11.2. The molecule has 3 nitrogen and oxygen atoms in total. The van der Waals surface area contributed by atoms with Crippen LogP contribution < -0.4 is 10.1 Å². The summed E-state index contributed by atoms with van der Waals surface area (Å²) in [5.74, 6) is 0.844. The average molecular weight is 306 g/mol. The number of rotatable bonds is 7. The van der Waals surface area contributed by atoms with Crippen molar-refractivity contribution in [1.82, 2.24) is 5.32 Å². The molecule has 0 spiro atoms. The summed E-state index contributed by atoms with van der Waals surface area (Å²) in [7, 11) is 3.56. The van der Waals surface area contributed by atoms with Crippen LogP contribution in [0.1, 0.15) is 17.2 Å². The maximum atomic E-state index is 6.25. The van der Waals surface area contributed by atoms with Gasteiger partial charge in [0.2, 0.25) is 0 Å². The van der Waals surface area contributed by atoms with Crippen molar-refractivity contribution in [2.75, 3.05) is 20.7 Å². The molecule has 2 rings (SSSR count). The third-order valence-electron chi connectivity index (χ3n) is 3.25. The third-order valence-corrected chi connectivity index (χ3v) is 3.60. The van der Waals surface area contributed by atoms with Crippen molar-refractivity contribution in [3.63, 3.8) is 0 Å². The standard InChI is InChI=1S/C17H20ClNO2/c1-19-11-17(15-5-3-4-6-16(15)18)21-12-13-7-9-14(20-2)10-8-13/h3-10,17,19H,11-12H2,1-2H3. The topological polar surface area (TPSA) is 30.5 Å². The van der Waals surface area contributed by atoms with Gasteiger partial charge in [-0.2, -0.15) is 0 Å². The highest BCUT2D eigenvalue weighted by Gasteiger charge is 2.14. The molecule has 0 saturated carbocycles. The lowest BCUT2D eigenvalue weighted by Crippen LogP contribution is -2.20. The lowest BCUT2D eigenvalue weighted by Gasteiger charge is -2.19. The van der Waals surface area contributed by atoms with Crippen LogP contribution in [-0.2, 0) is 11.3 Å². The van der Waals surface area contributed by atoms with Gasteiger partial charge in [0, 0.05) is 17.1 Å². The van der Waals surface area contributed by atoms with E-state index >= 15 is 0 Å². The zero-order valence-electron chi connectivity index (χ0n) is 12.3. The number of nitrogens with one attached hydrogen (secondary N) is 1. The van der Waals surface area contributed by atoms with Crippen LogP contribution in [0.25, 0.3) is 0 Å². The summed E-state index contributed by atoms with van der Waals surface area (Å²) in [5, 5.41) is 3.87. The zero-order valence-corrected chi connectivity index (χ0v) is 13.1. The lowest BCUT2D eigenvalue weighted by molar-refractivity contribution is 0.0411. The Bertz CT molecular complexity index is 557. The zero-order chi connectivity index (χ0) is 15.1. The Morgan fingerprint density at radius 3 is 2.43 bits per heavy atom. The molecular formula is C17H20ClNO2. The lowest BCUT2D eigenvalue weighted by atomic mass is 10.1. The highest BCUT2D eigenvalue weighted by molar-refractivity contribution is 6.31. The molecule has 0 bridgehead atoms. The van der Waals surface area contributed by atoms with Crippen LogP contribution in [0.4, 0.5) is 0 Å². The van der Waals surface area contributed by atoms with Crippen molar-refractivity contribution < 1.29 is 9.47 Å². The molecule has 0 aliphatic heterocycles. The van der Waals surface area contributed by atoms with Gasteiger partial charge >= 0.3 is 0 Å². The van der Waals surface area contributed by atoms with Gasteiger partial charge in [-0.25, -0.2) is 0 Å². The van der Waals surface area contributed by atoms with Crippen LogP contribution in [0.15, 0.2) is 48.5 Å². The smallest absolute Gasteiger partial charge is 0.118 e. The molecule has 0 heterocycles. The van der Waals surface area contributed by atoms with Crippen LogP contribution in [0, 0.1) is 0 Å². The van der Waals surface area contributed by atoms with Crippen molar-refractivity contribution >= 4 is 11.6 Å². The van der Waals surface area contributed by atoms with E-state index in [0.29, 0.717) is 13.2 Å². The first-order valence-electron chi connectivity index (χ1n) is 6.88. The molecule has 4 heteroatoms. The number of hydrogen-bond acceptors (Lipinski definition) is 3. The van der Waals surface area contributed by atoms with E-state index in [1.165, 1.54) is 0 Å². The summed E-state index contributed by atoms with van der Waals surface area (Å²) in [6.45, 7) is 1.24. The summed E-state index contributed by atoms with van der Waals surface area (Å²) >= 11 is 6.25. The van der Waals surface area contributed by atoms with Gasteiger partial charge < -0.3 is 14.8 Å². The van der Waals surface area contributed by atoms with E-state index in [1.807, 2.05) is 55.6 Å². The quantitative estimate of drug-likeness (QED) is 0.843. The van der Waals surface area contributed by atoms with Gasteiger partial charge in [-0.1, -0.05) is 41.9 Å². The summed E-state index contributed by atoms with van der Waals surface area (Å²) in [6, 6.07) is 15.6. The van der Waals surface area contributed by atoms with Gasteiger partial charge in [0.05, 0.1) is 19.8 Å². The van der Waals surface area contributed by atoms with Crippen LogP contribution in [-0.4, -0.2) is 20.7 Å². The molecular weight excluding hydrogens is 286 g/mol. The first kappa shape index (κ1) is 15.8. The molecule has 0 amide bonds. The molecule has 112 valence electrons. The number of hydrogen-bond donors (Lipinski definition) is 1. The van der Waals surface area contributed by atoms with Crippen molar-refractivity contribution in [2.45, 2.75) is 12.7 Å². The van der Waals surface area contributed by atoms with E-state index in [0.717, 1.165) is 21.9 Å². The second-order valence-electron chi connectivity index (χ2n) is 4.73. The molecule has 0 saturated heterocycles. The molecule has 0 aliphatic rings. The molecule has 0 aliphatic carbocycles. The van der Waals surface area contributed by atoms with E-state index in [9.17, 15) is 0 Å². The number of methoxy groups -OCH3 is 1. The van der Waals surface area contributed by atoms with Crippen LogP contribution >= 0.6 is 11.6 Å². The second-order valence-corrected chi connectivity index (χ2v) is 5.13. The van der Waals surface area contributed by atoms with E-state index in [1.54, 1.807) is 7.11 Å². The third kappa shape index (κ3) is 4.46. The Hall–Kier alpha value is -1.55. The second kappa shape index (κ2) is 8.03. The van der Waals surface area contributed by atoms with E-state index in [-0.39, 0.29) is 6.10 Å². The minimum Gasteiger partial charge on any atom is -0.497 e. The maximum absolute atomic E-state index is 6.25.